The molecule has 0 saturated heterocycles. The quantitative estimate of drug-likeness (QED) is 0.902. The molecule has 1 aliphatic carbocycles. The Bertz CT molecular complexity index is 649. The number of anilines is 1. The van der Waals surface area contributed by atoms with Gasteiger partial charge in [-0.3, -0.25) is 9.10 Å². The summed E-state index contributed by atoms with van der Waals surface area (Å²) in [5.41, 5.74) is 2.37. The first-order valence-corrected chi connectivity index (χ1v) is 9.46. The minimum absolute atomic E-state index is 0.167. The fourth-order valence-corrected chi connectivity index (χ4v) is 3.75. The van der Waals surface area contributed by atoms with Crippen molar-refractivity contribution in [2.75, 3.05) is 17.1 Å². The third kappa shape index (κ3) is 4.22. The van der Waals surface area contributed by atoms with Gasteiger partial charge in [-0.2, -0.15) is 0 Å². The molecule has 0 unspecified atom stereocenters. The van der Waals surface area contributed by atoms with Gasteiger partial charge in [-0.05, 0) is 43.9 Å². The average molecular weight is 324 g/mol. The molecule has 2 rings (SSSR count). The smallest absolute Gasteiger partial charge is 0.240 e. The molecule has 122 valence electrons. The highest BCUT2D eigenvalue weighted by molar-refractivity contribution is 7.92. The fraction of sp³-hybridized carbons (Fsp3) is 0.562. The van der Waals surface area contributed by atoms with Gasteiger partial charge in [0, 0.05) is 6.04 Å². The summed E-state index contributed by atoms with van der Waals surface area (Å²) in [7, 11) is -3.51. The van der Waals surface area contributed by atoms with Crippen molar-refractivity contribution < 1.29 is 13.2 Å². The van der Waals surface area contributed by atoms with Crippen LogP contribution < -0.4 is 9.62 Å². The molecule has 1 aromatic carbocycles. The Morgan fingerprint density at radius 3 is 2.50 bits per heavy atom. The number of nitrogens with one attached hydrogen (secondary N) is 1. The van der Waals surface area contributed by atoms with E-state index in [0.29, 0.717) is 5.69 Å². The average Bonchev–Trinajstić information content (AvgIpc) is 2.90. The van der Waals surface area contributed by atoms with E-state index in [-0.39, 0.29) is 18.5 Å². The molecular weight excluding hydrogens is 300 g/mol. The van der Waals surface area contributed by atoms with Gasteiger partial charge in [0.05, 0.1) is 11.9 Å². The second kappa shape index (κ2) is 6.69. The molecule has 0 radical (unpaired) electrons. The first kappa shape index (κ1) is 16.8. The molecule has 1 saturated carbocycles. The van der Waals surface area contributed by atoms with Crippen LogP contribution in [0.1, 0.15) is 36.8 Å². The third-order valence-corrected chi connectivity index (χ3v) is 5.17. The van der Waals surface area contributed by atoms with Gasteiger partial charge in [0.25, 0.3) is 0 Å². The van der Waals surface area contributed by atoms with Crippen LogP contribution in [0, 0.1) is 13.8 Å². The molecule has 0 aromatic heterocycles. The monoisotopic (exact) mass is 324 g/mol. The van der Waals surface area contributed by atoms with Crippen molar-refractivity contribution in [1.29, 1.82) is 0 Å². The minimum atomic E-state index is -3.51. The molecule has 1 aliphatic rings. The summed E-state index contributed by atoms with van der Waals surface area (Å²) in [6.07, 6.45) is 5.34. The van der Waals surface area contributed by atoms with Gasteiger partial charge in [-0.1, -0.05) is 25.0 Å². The number of carbonyl (C=O) groups excluding carboxylic acids is 1. The maximum atomic E-state index is 12.2. The van der Waals surface area contributed by atoms with Crippen LogP contribution in [0.2, 0.25) is 0 Å². The van der Waals surface area contributed by atoms with Gasteiger partial charge < -0.3 is 5.32 Å². The predicted molar refractivity (Wildman–Crippen MR) is 88.5 cm³/mol. The molecule has 5 nitrogen and oxygen atoms in total. The number of carbonyl (C=O) groups is 1. The van der Waals surface area contributed by atoms with Gasteiger partial charge in [0.1, 0.15) is 6.54 Å². The summed E-state index contributed by atoms with van der Waals surface area (Å²) >= 11 is 0. The number of amides is 1. The van der Waals surface area contributed by atoms with E-state index < -0.39 is 10.0 Å². The van der Waals surface area contributed by atoms with Gasteiger partial charge in [0.15, 0.2) is 0 Å². The van der Waals surface area contributed by atoms with Crippen LogP contribution in [0.4, 0.5) is 5.69 Å². The van der Waals surface area contributed by atoms with Crippen molar-refractivity contribution in [3.05, 3.63) is 29.3 Å². The highest BCUT2D eigenvalue weighted by Gasteiger charge is 2.24. The van der Waals surface area contributed by atoms with E-state index in [1.54, 1.807) is 6.07 Å². The second-order valence-electron chi connectivity index (χ2n) is 6.11. The summed E-state index contributed by atoms with van der Waals surface area (Å²) in [4.78, 5) is 12.2. The van der Waals surface area contributed by atoms with Crippen LogP contribution in [0.25, 0.3) is 0 Å². The van der Waals surface area contributed by atoms with Gasteiger partial charge in [-0.25, -0.2) is 8.42 Å². The Morgan fingerprint density at radius 2 is 1.91 bits per heavy atom. The Hall–Kier alpha value is -1.56. The van der Waals surface area contributed by atoms with E-state index in [1.807, 2.05) is 26.0 Å². The molecule has 0 spiro atoms. The van der Waals surface area contributed by atoms with Crippen molar-refractivity contribution in [2.24, 2.45) is 0 Å². The molecule has 6 heteroatoms. The molecule has 1 fully saturated rings. The number of sulfonamides is 1. The summed E-state index contributed by atoms with van der Waals surface area (Å²) in [6, 6.07) is 5.79. The lowest BCUT2D eigenvalue weighted by molar-refractivity contribution is -0.120. The lowest BCUT2D eigenvalue weighted by atomic mass is 10.1. The largest absolute Gasteiger partial charge is 0.352 e. The van der Waals surface area contributed by atoms with Gasteiger partial charge in [0.2, 0.25) is 15.9 Å². The zero-order valence-electron chi connectivity index (χ0n) is 13.4. The maximum absolute atomic E-state index is 12.2. The number of benzene rings is 1. The van der Waals surface area contributed by atoms with Crippen molar-refractivity contribution in [3.8, 4) is 0 Å². The van der Waals surface area contributed by atoms with Crippen LogP contribution in [0.15, 0.2) is 18.2 Å². The van der Waals surface area contributed by atoms with Crippen LogP contribution >= 0.6 is 0 Å². The number of nitrogens with zero attached hydrogens (tertiary/aromatic N) is 1. The fourth-order valence-electron chi connectivity index (χ4n) is 2.84. The number of rotatable bonds is 5. The maximum Gasteiger partial charge on any atom is 0.240 e. The van der Waals surface area contributed by atoms with Crippen LogP contribution in [-0.2, 0) is 14.8 Å². The summed E-state index contributed by atoms with van der Waals surface area (Å²) < 4.78 is 25.4. The number of hydrogen-bond acceptors (Lipinski definition) is 3. The van der Waals surface area contributed by atoms with Gasteiger partial charge in [-0.15, -0.1) is 0 Å². The number of hydrogen-bond donors (Lipinski definition) is 1. The van der Waals surface area contributed by atoms with E-state index in [0.717, 1.165) is 43.1 Å². The molecule has 0 atom stereocenters. The number of aryl methyl sites for hydroxylation is 2. The second-order valence-corrected chi connectivity index (χ2v) is 8.02. The molecule has 0 aliphatic heterocycles. The summed E-state index contributed by atoms with van der Waals surface area (Å²) in [5.74, 6) is -0.238. The lowest BCUT2D eigenvalue weighted by Crippen LogP contribution is -2.43. The first-order valence-electron chi connectivity index (χ1n) is 7.61. The molecule has 0 bridgehead atoms. The lowest BCUT2D eigenvalue weighted by Gasteiger charge is -2.25. The highest BCUT2D eigenvalue weighted by atomic mass is 32.2. The van der Waals surface area contributed by atoms with Crippen LogP contribution in [-0.4, -0.2) is 33.2 Å². The van der Waals surface area contributed by atoms with E-state index in [9.17, 15) is 13.2 Å². The standard InChI is InChI=1S/C16H24N2O3S/c1-12-8-9-13(2)15(10-12)18(22(3,20)21)11-16(19)17-14-6-4-5-7-14/h8-10,14H,4-7,11H2,1-3H3,(H,17,19). The first-order chi connectivity index (χ1) is 10.3. The van der Waals surface area contributed by atoms with Crippen molar-refractivity contribution in [1.82, 2.24) is 5.32 Å². The zero-order valence-corrected chi connectivity index (χ0v) is 14.2. The molecule has 0 heterocycles. The highest BCUT2D eigenvalue weighted by Crippen LogP contribution is 2.24. The van der Waals surface area contributed by atoms with Gasteiger partial charge >= 0.3 is 0 Å². The molecule has 1 amide bonds. The van der Waals surface area contributed by atoms with Crippen molar-refractivity contribution in [2.45, 2.75) is 45.6 Å². The predicted octanol–water partition coefficient (Wildman–Crippen LogP) is 2.13. The van der Waals surface area contributed by atoms with E-state index in [1.165, 1.54) is 4.31 Å². The van der Waals surface area contributed by atoms with Crippen LogP contribution in [0.5, 0.6) is 0 Å². The Morgan fingerprint density at radius 1 is 1.27 bits per heavy atom. The summed E-state index contributed by atoms with van der Waals surface area (Å²) in [6.45, 7) is 3.59. The Labute approximate surface area is 132 Å². The normalized spacial score (nSPS) is 15.8. The molecular formula is C16H24N2O3S. The Balaban J connectivity index is 2.20. The van der Waals surface area contributed by atoms with E-state index in [2.05, 4.69) is 5.32 Å². The van der Waals surface area contributed by atoms with Crippen molar-refractivity contribution >= 4 is 21.6 Å². The van der Waals surface area contributed by atoms with E-state index in [4.69, 9.17) is 0 Å². The topological polar surface area (TPSA) is 66.5 Å². The van der Waals surface area contributed by atoms with Crippen LogP contribution in [0.3, 0.4) is 0 Å². The molecule has 1 N–H and O–H groups in total. The van der Waals surface area contributed by atoms with E-state index >= 15 is 0 Å². The minimum Gasteiger partial charge on any atom is -0.352 e. The molecule has 22 heavy (non-hydrogen) atoms. The summed E-state index contributed by atoms with van der Waals surface area (Å²) in [5, 5.41) is 2.94. The zero-order chi connectivity index (χ0) is 16.3. The van der Waals surface area contributed by atoms with Crippen molar-refractivity contribution in [3.63, 3.8) is 0 Å². The third-order valence-electron chi connectivity index (χ3n) is 4.04. The Kier molecular flexibility index (Phi) is 5.11. The SMILES string of the molecule is Cc1ccc(C)c(N(CC(=O)NC2CCCC2)S(C)(=O)=O)c1. The molecule has 1 aromatic rings.